The van der Waals surface area contributed by atoms with Crippen LogP contribution in [0, 0.1) is 11.6 Å². The summed E-state index contributed by atoms with van der Waals surface area (Å²) in [6.45, 7) is 3.50. The molecule has 2 aromatic carbocycles. The van der Waals surface area contributed by atoms with Crippen molar-refractivity contribution >= 4 is 16.8 Å². The van der Waals surface area contributed by atoms with E-state index in [1.54, 1.807) is 24.3 Å². The van der Waals surface area contributed by atoms with Crippen LogP contribution in [0.4, 0.5) is 8.78 Å². The second-order valence-electron chi connectivity index (χ2n) is 5.94. The molecule has 0 radical (unpaired) electrons. The van der Waals surface area contributed by atoms with Gasteiger partial charge >= 0.3 is 0 Å². The summed E-state index contributed by atoms with van der Waals surface area (Å²) < 4.78 is 29.4. The number of H-pyrrole nitrogens is 1. The molecule has 0 spiro atoms. The molecule has 5 nitrogen and oxygen atoms in total. The maximum absolute atomic E-state index is 14.2. The van der Waals surface area contributed by atoms with E-state index in [2.05, 4.69) is 16.8 Å². The lowest BCUT2D eigenvalue weighted by atomic mass is 10.1. The number of hydrogen-bond donors (Lipinski definition) is 2. The number of aromatic nitrogens is 3. The fourth-order valence-corrected chi connectivity index (χ4v) is 3.00. The summed E-state index contributed by atoms with van der Waals surface area (Å²) in [4.78, 5) is 12.4. The topological polar surface area (TPSA) is 70.9 Å². The third-order valence-electron chi connectivity index (χ3n) is 4.25. The minimum atomic E-state index is -0.868. The van der Waals surface area contributed by atoms with Crippen LogP contribution in [-0.4, -0.2) is 19.9 Å². The van der Waals surface area contributed by atoms with Gasteiger partial charge in [-0.25, -0.2) is 8.78 Å². The molecular formula is C20H13F2N3O2. The van der Waals surface area contributed by atoms with E-state index in [1.165, 1.54) is 18.2 Å². The maximum Gasteiger partial charge on any atom is 0.257 e. The molecule has 0 amide bonds. The van der Waals surface area contributed by atoms with Crippen LogP contribution >= 0.6 is 0 Å². The number of nitrogens with zero attached hydrogens (tertiary/aromatic N) is 2. The maximum atomic E-state index is 14.2. The number of pyridine rings is 1. The van der Waals surface area contributed by atoms with Crippen molar-refractivity contribution in [1.29, 1.82) is 0 Å². The molecule has 2 heterocycles. The Morgan fingerprint density at radius 1 is 1.07 bits per heavy atom. The van der Waals surface area contributed by atoms with Crippen LogP contribution in [-0.2, 0) is 0 Å². The summed E-state index contributed by atoms with van der Waals surface area (Å²) in [7, 11) is 0. The fourth-order valence-electron chi connectivity index (χ4n) is 3.00. The van der Waals surface area contributed by atoms with Gasteiger partial charge in [-0.3, -0.25) is 14.5 Å². The van der Waals surface area contributed by atoms with Gasteiger partial charge in [-0.15, -0.1) is 0 Å². The highest BCUT2D eigenvalue weighted by Crippen LogP contribution is 2.29. The largest absolute Gasteiger partial charge is 0.508 e. The molecule has 0 saturated carbocycles. The van der Waals surface area contributed by atoms with Crippen molar-refractivity contribution < 1.29 is 13.9 Å². The van der Waals surface area contributed by atoms with Gasteiger partial charge in [0.15, 0.2) is 5.65 Å². The lowest BCUT2D eigenvalue weighted by Crippen LogP contribution is -2.20. The van der Waals surface area contributed by atoms with E-state index in [0.29, 0.717) is 22.2 Å². The van der Waals surface area contributed by atoms with E-state index in [0.717, 1.165) is 16.7 Å². The Kier molecular flexibility index (Phi) is 3.84. The molecule has 0 atom stereocenters. The molecule has 134 valence electrons. The quantitative estimate of drug-likeness (QED) is 0.535. The lowest BCUT2D eigenvalue weighted by molar-refractivity contribution is 0.514. The Balaban J connectivity index is 2.01. The standard InChI is InChI=1S/C20H13F2N3O2/c1-11(26)12-4-2-5-13(10-12)18-14-8-9-17(27)25(20(14)24-23-18)19-15(21)6-3-7-16(19)22/h2-10,26H,1H2,(H,23,24). The summed E-state index contributed by atoms with van der Waals surface area (Å²) >= 11 is 0. The molecule has 0 aliphatic heterocycles. The van der Waals surface area contributed by atoms with E-state index in [9.17, 15) is 18.7 Å². The molecule has 0 saturated heterocycles. The summed E-state index contributed by atoms with van der Waals surface area (Å²) in [6, 6.07) is 13.0. The molecule has 2 N–H and O–H groups in total. The van der Waals surface area contributed by atoms with Crippen LogP contribution in [0.2, 0.25) is 0 Å². The van der Waals surface area contributed by atoms with Crippen molar-refractivity contribution in [3.63, 3.8) is 0 Å². The first-order valence-electron chi connectivity index (χ1n) is 8.00. The normalized spacial score (nSPS) is 11.0. The van der Waals surface area contributed by atoms with E-state index in [4.69, 9.17) is 0 Å². The number of aromatic amines is 1. The Hall–Kier alpha value is -3.74. The first-order chi connectivity index (χ1) is 13.0. The highest BCUT2D eigenvalue weighted by Gasteiger charge is 2.18. The smallest absolute Gasteiger partial charge is 0.257 e. The predicted octanol–water partition coefficient (Wildman–Crippen LogP) is 4.19. The molecule has 7 heteroatoms. The minimum absolute atomic E-state index is 0.0917. The van der Waals surface area contributed by atoms with Crippen LogP contribution in [0.5, 0.6) is 0 Å². The first-order valence-corrected chi connectivity index (χ1v) is 8.00. The van der Waals surface area contributed by atoms with Crippen molar-refractivity contribution in [3.8, 4) is 16.9 Å². The number of aliphatic hydroxyl groups excluding tert-OH is 1. The summed E-state index contributed by atoms with van der Waals surface area (Å²) in [5.41, 5.74) is 0.729. The number of hydrogen-bond acceptors (Lipinski definition) is 3. The van der Waals surface area contributed by atoms with Gasteiger partial charge in [-0.05, 0) is 24.3 Å². The van der Waals surface area contributed by atoms with Gasteiger partial charge in [0.25, 0.3) is 5.56 Å². The van der Waals surface area contributed by atoms with Gasteiger partial charge in [-0.1, -0.05) is 30.8 Å². The van der Waals surface area contributed by atoms with Gasteiger partial charge in [-0.2, -0.15) is 5.10 Å². The zero-order valence-electron chi connectivity index (χ0n) is 13.9. The number of aliphatic hydroxyl groups is 1. The number of para-hydroxylation sites is 1. The second kappa shape index (κ2) is 6.21. The van der Waals surface area contributed by atoms with Gasteiger partial charge in [0.1, 0.15) is 23.1 Å². The number of fused-ring (bicyclic) bond motifs is 1. The monoisotopic (exact) mass is 365 g/mol. The number of nitrogens with one attached hydrogen (secondary N) is 1. The van der Waals surface area contributed by atoms with Crippen molar-refractivity contribution in [2.24, 2.45) is 0 Å². The van der Waals surface area contributed by atoms with Crippen LogP contribution in [0.1, 0.15) is 5.56 Å². The molecule has 0 bridgehead atoms. The van der Waals surface area contributed by atoms with Crippen molar-refractivity contribution in [2.45, 2.75) is 0 Å². The van der Waals surface area contributed by atoms with E-state index in [-0.39, 0.29) is 11.4 Å². The van der Waals surface area contributed by atoms with Crippen LogP contribution < -0.4 is 5.56 Å². The Morgan fingerprint density at radius 3 is 2.48 bits per heavy atom. The van der Waals surface area contributed by atoms with Crippen molar-refractivity contribution in [3.05, 3.63) is 88.7 Å². The van der Waals surface area contributed by atoms with E-state index >= 15 is 0 Å². The lowest BCUT2D eigenvalue weighted by Gasteiger charge is -2.09. The van der Waals surface area contributed by atoms with E-state index < -0.39 is 22.9 Å². The Bertz CT molecular complexity index is 1240. The average Bonchev–Trinajstić information content (AvgIpc) is 3.07. The molecule has 27 heavy (non-hydrogen) atoms. The van der Waals surface area contributed by atoms with Gasteiger partial charge in [0.05, 0.1) is 5.69 Å². The number of rotatable bonds is 3. The highest BCUT2D eigenvalue weighted by atomic mass is 19.1. The summed E-state index contributed by atoms with van der Waals surface area (Å²) in [6.07, 6.45) is 0. The van der Waals surface area contributed by atoms with E-state index in [1.807, 2.05) is 0 Å². The van der Waals surface area contributed by atoms with Gasteiger partial charge < -0.3 is 5.11 Å². The summed E-state index contributed by atoms with van der Waals surface area (Å²) in [5.74, 6) is -1.83. The Labute approximate surface area is 151 Å². The van der Waals surface area contributed by atoms with Crippen LogP contribution in [0.3, 0.4) is 0 Å². The van der Waals surface area contributed by atoms with Crippen LogP contribution in [0.15, 0.2) is 66.0 Å². The molecule has 2 aromatic heterocycles. The minimum Gasteiger partial charge on any atom is -0.508 e. The van der Waals surface area contributed by atoms with Crippen LogP contribution in [0.25, 0.3) is 33.7 Å². The SMILES string of the molecule is C=C(O)c1cccc(-c2[nH]nc3c2ccc(=O)n3-c2c(F)cccc2F)c1. The third kappa shape index (κ3) is 2.69. The zero-order chi connectivity index (χ0) is 19.1. The summed E-state index contributed by atoms with van der Waals surface area (Å²) in [5, 5.41) is 17.0. The number of halogens is 2. The van der Waals surface area contributed by atoms with Crippen molar-refractivity contribution in [1.82, 2.24) is 14.8 Å². The molecule has 0 aliphatic rings. The number of benzene rings is 2. The first kappa shape index (κ1) is 16.7. The third-order valence-corrected chi connectivity index (χ3v) is 4.25. The zero-order valence-corrected chi connectivity index (χ0v) is 13.9. The van der Waals surface area contributed by atoms with Gasteiger partial charge in [0.2, 0.25) is 0 Å². The fraction of sp³-hybridized carbons (Fsp3) is 0. The molecule has 0 aliphatic carbocycles. The predicted molar refractivity (Wildman–Crippen MR) is 98.7 cm³/mol. The molecule has 0 unspecified atom stereocenters. The second-order valence-corrected chi connectivity index (χ2v) is 5.94. The highest BCUT2D eigenvalue weighted by molar-refractivity contribution is 5.92. The molecule has 4 aromatic rings. The van der Waals surface area contributed by atoms with Crippen molar-refractivity contribution in [2.75, 3.05) is 0 Å². The Morgan fingerprint density at radius 2 is 1.78 bits per heavy atom. The van der Waals surface area contributed by atoms with Gasteiger partial charge in [0, 0.05) is 22.6 Å². The molecule has 0 fully saturated rings. The average molecular weight is 365 g/mol. The molecule has 4 rings (SSSR count). The molecular weight excluding hydrogens is 352 g/mol.